The van der Waals surface area contributed by atoms with E-state index in [-0.39, 0.29) is 12.3 Å². The lowest BCUT2D eigenvalue weighted by molar-refractivity contribution is -0.160. The predicted octanol–water partition coefficient (Wildman–Crippen LogP) is 2.67. The molecule has 0 radical (unpaired) electrons. The van der Waals surface area contributed by atoms with Crippen LogP contribution in [0.1, 0.15) is 58.3 Å². The van der Waals surface area contributed by atoms with Gasteiger partial charge in [0.25, 0.3) is 0 Å². The summed E-state index contributed by atoms with van der Waals surface area (Å²) in [4.78, 5) is 25.5. The normalized spacial score (nSPS) is 29.4. The van der Waals surface area contributed by atoms with Crippen LogP contribution in [0.2, 0.25) is 0 Å². The maximum absolute atomic E-state index is 12.4. The second-order valence-corrected chi connectivity index (χ2v) is 6.45. The first-order valence-electron chi connectivity index (χ1n) is 7.45. The number of carboxylic acids is 1. The van der Waals surface area contributed by atoms with Gasteiger partial charge in [0.05, 0.1) is 5.41 Å². The Kier molecular flexibility index (Phi) is 4.16. The van der Waals surface area contributed by atoms with Crippen LogP contribution in [-0.4, -0.2) is 35.0 Å². The first-order valence-corrected chi connectivity index (χ1v) is 7.45. The van der Waals surface area contributed by atoms with E-state index in [0.717, 1.165) is 12.8 Å². The summed E-state index contributed by atoms with van der Waals surface area (Å²) in [5.74, 6) is -0.247. The lowest BCUT2D eigenvalue weighted by Gasteiger charge is -2.41. The summed E-state index contributed by atoms with van der Waals surface area (Å²) in [5.41, 5.74) is -0.761. The first-order chi connectivity index (χ1) is 8.96. The molecule has 2 atom stereocenters. The van der Waals surface area contributed by atoms with Crippen molar-refractivity contribution in [1.29, 1.82) is 0 Å². The highest BCUT2D eigenvalue weighted by molar-refractivity contribution is 5.85. The SMILES string of the molecule is CC1CCCCC1N(C)C(=O)CC1(C(=O)O)CCC1. The minimum absolute atomic E-state index is 0.0147. The maximum atomic E-state index is 12.4. The van der Waals surface area contributed by atoms with Gasteiger partial charge in [-0.3, -0.25) is 9.59 Å². The minimum atomic E-state index is -0.794. The molecule has 0 heterocycles. The Hall–Kier alpha value is -1.06. The van der Waals surface area contributed by atoms with Gasteiger partial charge in [0.15, 0.2) is 0 Å². The first kappa shape index (κ1) is 14.4. The van der Waals surface area contributed by atoms with Crippen molar-refractivity contribution >= 4 is 11.9 Å². The van der Waals surface area contributed by atoms with E-state index in [4.69, 9.17) is 0 Å². The Balaban J connectivity index is 1.97. The monoisotopic (exact) mass is 267 g/mol. The topological polar surface area (TPSA) is 57.6 Å². The van der Waals surface area contributed by atoms with Gasteiger partial charge in [0.2, 0.25) is 5.91 Å². The van der Waals surface area contributed by atoms with E-state index in [1.165, 1.54) is 19.3 Å². The summed E-state index contributed by atoms with van der Waals surface area (Å²) in [6, 6.07) is 0.298. The molecule has 0 saturated heterocycles. The van der Waals surface area contributed by atoms with Gasteiger partial charge < -0.3 is 10.0 Å². The smallest absolute Gasteiger partial charge is 0.310 e. The predicted molar refractivity (Wildman–Crippen MR) is 72.7 cm³/mol. The molecule has 2 saturated carbocycles. The van der Waals surface area contributed by atoms with Gasteiger partial charge in [-0.1, -0.05) is 26.2 Å². The van der Waals surface area contributed by atoms with Crippen LogP contribution in [-0.2, 0) is 9.59 Å². The number of amides is 1. The van der Waals surface area contributed by atoms with E-state index in [1.807, 2.05) is 11.9 Å². The summed E-state index contributed by atoms with van der Waals surface area (Å²) in [7, 11) is 1.85. The number of nitrogens with zero attached hydrogens (tertiary/aromatic N) is 1. The van der Waals surface area contributed by atoms with Crippen molar-refractivity contribution < 1.29 is 14.7 Å². The quantitative estimate of drug-likeness (QED) is 0.852. The number of carboxylic acid groups (broad SMARTS) is 1. The zero-order valence-corrected chi connectivity index (χ0v) is 12.0. The minimum Gasteiger partial charge on any atom is -0.481 e. The van der Waals surface area contributed by atoms with E-state index in [1.54, 1.807) is 0 Å². The van der Waals surface area contributed by atoms with Gasteiger partial charge >= 0.3 is 5.97 Å². The average Bonchev–Trinajstić information content (AvgIpc) is 2.32. The molecule has 1 amide bonds. The molecule has 4 nitrogen and oxygen atoms in total. The summed E-state index contributed by atoms with van der Waals surface area (Å²) in [6.07, 6.45) is 7.08. The zero-order valence-electron chi connectivity index (χ0n) is 12.0. The highest BCUT2D eigenvalue weighted by Crippen LogP contribution is 2.44. The van der Waals surface area contributed by atoms with Crippen LogP contribution in [0.15, 0.2) is 0 Å². The molecule has 2 aliphatic carbocycles. The van der Waals surface area contributed by atoms with E-state index in [9.17, 15) is 14.7 Å². The van der Waals surface area contributed by atoms with Crippen LogP contribution in [0.3, 0.4) is 0 Å². The molecule has 19 heavy (non-hydrogen) atoms. The number of hydrogen-bond donors (Lipinski definition) is 1. The van der Waals surface area contributed by atoms with Crippen molar-refractivity contribution in [1.82, 2.24) is 4.90 Å². The van der Waals surface area contributed by atoms with Gasteiger partial charge in [-0.05, 0) is 31.6 Å². The third-order valence-corrected chi connectivity index (χ3v) is 5.21. The zero-order chi connectivity index (χ0) is 14.0. The van der Waals surface area contributed by atoms with Crippen molar-refractivity contribution in [2.45, 2.75) is 64.3 Å². The van der Waals surface area contributed by atoms with Crippen LogP contribution >= 0.6 is 0 Å². The number of carbonyl (C=O) groups is 2. The second-order valence-electron chi connectivity index (χ2n) is 6.45. The molecule has 0 spiro atoms. The fourth-order valence-electron chi connectivity index (χ4n) is 3.54. The fourth-order valence-corrected chi connectivity index (χ4v) is 3.54. The molecule has 1 N–H and O–H groups in total. The van der Waals surface area contributed by atoms with Gasteiger partial charge in [-0.15, -0.1) is 0 Å². The molecule has 0 aromatic carbocycles. The maximum Gasteiger partial charge on any atom is 0.310 e. The Morgan fingerprint density at radius 2 is 1.84 bits per heavy atom. The Morgan fingerprint density at radius 3 is 2.32 bits per heavy atom. The van der Waals surface area contributed by atoms with Crippen LogP contribution in [0, 0.1) is 11.3 Å². The molecule has 2 fully saturated rings. The van der Waals surface area contributed by atoms with E-state index in [0.29, 0.717) is 24.8 Å². The summed E-state index contributed by atoms with van der Waals surface area (Å²) in [6.45, 7) is 2.20. The van der Waals surface area contributed by atoms with Crippen LogP contribution < -0.4 is 0 Å². The summed E-state index contributed by atoms with van der Waals surface area (Å²) >= 11 is 0. The molecule has 0 aromatic rings. The third-order valence-electron chi connectivity index (χ3n) is 5.21. The average molecular weight is 267 g/mol. The summed E-state index contributed by atoms with van der Waals surface area (Å²) in [5, 5.41) is 9.31. The van der Waals surface area contributed by atoms with Crippen LogP contribution in [0.4, 0.5) is 0 Å². The van der Waals surface area contributed by atoms with E-state index in [2.05, 4.69) is 6.92 Å². The molecule has 0 aliphatic heterocycles. The standard InChI is InChI=1S/C15H25NO3/c1-11-6-3-4-7-12(11)16(2)13(17)10-15(14(18)19)8-5-9-15/h11-12H,3-10H2,1-2H3,(H,18,19). The van der Waals surface area contributed by atoms with Gasteiger partial charge in [-0.25, -0.2) is 0 Å². The molecular weight excluding hydrogens is 242 g/mol. The molecular formula is C15H25NO3. The number of rotatable bonds is 4. The Labute approximate surface area is 115 Å². The van der Waals surface area contributed by atoms with Crippen molar-refractivity contribution in [3.05, 3.63) is 0 Å². The largest absolute Gasteiger partial charge is 0.481 e. The summed E-state index contributed by atoms with van der Waals surface area (Å²) < 4.78 is 0. The van der Waals surface area contributed by atoms with Crippen LogP contribution in [0.5, 0.6) is 0 Å². The van der Waals surface area contributed by atoms with Crippen LogP contribution in [0.25, 0.3) is 0 Å². The highest BCUT2D eigenvalue weighted by Gasteiger charge is 2.47. The van der Waals surface area contributed by atoms with E-state index >= 15 is 0 Å². The lowest BCUT2D eigenvalue weighted by atomic mass is 9.66. The lowest BCUT2D eigenvalue weighted by Crippen LogP contribution is -2.47. The second kappa shape index (κ2) is 5.51. The van der Waals surface area contributed by atoms with Crippen molar-refractivity contribution in [3.63, 3.8) is 0 Å². The molecule has 108 valence electrons. The number of hydrogen-bond acceptors (Lipinski definition) is 2. The molecule has 4 heteroatoms. The van der Waals surface area contributed by atoms with Gasteiger partial charge in [0, 0.05) is 19.5 Å². The van der Waals surface area contributed by atoms with Gasteiger partial charge in [-0.2, -0.15) is 0 Å². The Bertz CT molecular complexity index is 362. The highest BCUT2D eigenvalue weighted by atomic mass is 16.4. The van der Waals surface area contributed by atoms with Crippen molar-refractivity contribution in [3.8, 4) is 0 Å². The van der Waals surface area contributed by atoms with Crippen molar-refractivity contribution in [2.75, 3.05) is 7.05 Å². The number of aliphatic carboxylic acids is 1. The molecule has 2 aliphatic rings. The molecule has 2 rings (SSSR count). The third kappa shape index (κ3) is 2.77. The Morgan fingerprint density at radius 1 is 1.21 bits per heavy atom. The van der Waals surface area contributed by atoms with Gasteiger partial charge in [0.1, 0.15) is 0 Å². The van der Waals surface area contributed by atoms with Crippen molar-refractivity contribution in [2.24, 2.45) is 11.3 Å². The molecule has 2 unspecified atom stereocenters. The fraction of sp³-hybridized carbons (Fsp3) is 0.867. The molecule has 0 bridgehead atoms. The molecule has 0 aromatic heterocycles. The number of carbonyl (C=O) groups excluding carboxylic acids is 1. The van der Waals surface area contributed by atoms with E-state index < -0.39 is 11.4 Å².